The highest BCUT2D eigenvalue weighted by molar-refractivity contribution is 9.10. The first-order valence-corrected chi connectivity index (χ1v) is 9.25. The van der Waals surface area contributed by atoms with Crippen LogP contribution in [0.1, 0.15) is 31.4 Å². The van der Waals surface area contributed by atoms with Crippen LogP contribution in [0.25, 0.3) is 11.6 Å². The van der Waals surface area contributed by atoms with Crippen LogP contribution in [0.5, 0.6) is 11.5 Å². The summed E-state index contributed by atoms with van der Waals surface area (Å²) >= 11 is 3.51. The fourth-order valence-electron chi connectivity index (χ4n) is 2.35. The number of nitro groups is 1. The smallest absolute Gasteiger partial charge is 0.269 e. The van der Waals surface area contributed by atoms with Gasteiger partial charge in [-0.1, -0.05) is 22.9 Å². The lowest BCUT2D eigenvalue weighted by Gasteiger charge is -2.13. The fourth-order valence-corrected chi connectivity index (χ4v) is 2.79. The van der Waals surface area contributed by atoms with E-state index in [-0.39, 0.29) is 5.69 Å². The molecule has 0 aromatic heterocycles. The van der Waals surface area contributed by atoms with Gasteiger partial charge < -0.3 is 9.47 Å². The minimum Gasteiger partial charge on any atom is -0.490 e. The van der Waals surface area contributed by atoms with Crippen molar-refractivity contribution in [3.63, 3.8) is 0 Å². The van der Waals surface area contributed by atoms with Crippen LogP contribution < -0.4 is 9.47 Å². The Morgan fingerprint density at radius 3 is 2.44 bits per heavy atom. The molecule has 0 amide bonds. The quantitative estimate of drug-likeness (QED) is 0.235. The molecule has 0 bridgehead atoms. The van der Waals surface area contributed by atoms with E-state index in [4.69, 9.17) is 9.47 Å². The number of halogens is 1. The first-order chi connectivity index (χ1) is 13.0. The predicted octanol–water partition coefficient (Wildman–Crippen LogP) is 5.61. The molecule has 2 rings (SSSR count). The van der Waals surface area contributed by atoms with E-state index in [0.29, 0.717) is 35.8 Å². The van der Waals surface area contributed by atoms with Crippen molar-refractivity contribution >= 4 is 33.3 Å². The van der Waals surface area contributed by atoms with E-state index in [0.717, 1.165) is 16.5 Å². The van der Waals surface area contributed by atoms with Gasteiger partial charge in [-0.2, -0.15) is 5.26 Å². The molecule has 0 saturated heterocycles. The zero-order chi connectivity index (χ0) is 19.8. The Hall–Kier alpha value is -2.85. The summed E-state index contributed by atoms with van der Waals surface area (Å²) in [6.07, 6.45) is 2.58. The summed E-state index contributed by atoms with van der Waals surface area (Å²) in [5, 5.41) is 20.3. The minimum absolute atomic E-state index is 0.0201. The van der Waals surface area contributed by atoms with E-state index in [1.807, 2.05) is 19.9 Å². The molecule has 27 heavy (non-hydrogen) atoms. The maximum absolute atomic E-state index is 10.8. The molecule has 0 N–H and O–H groups in total. The molecule has 0 saturated carbocycles. The van der Waals surface area contributed by atoms with Crippen LogP contribution in [0.15, 0.2) is 40.9 Å². The number of hydrogen-bond acceptors (Lipinski definition) is 5. The Balaban J connectivity index is 2.43. The predicted molar refractivity (Wildman–Crippen MR) is 108 cm³/mol. The second-order valence-corrected chi connectivity index (χ2v) is 6.43. The molecule has 0 atom stereocenters. The standard InChI is InChI=1S/C20H19BrN2O4/c1-3-9-27-20-12-18(21)15(11-19(20)26-4-2)10-16(13-22)14-5-7-17(8-6-14)23(24)25/h5-8,10-12H,3-4,9H2,1-2H3/b16-10+. The molecule has 0 aliphatic rings. The lowest BCUT2D eigenvalue weighted by atomic mass is 10.0. The molecular formula is C20H19BrN2O4. The average Bonchev–Trinajstić information content (AvgIpc) is 2.67. The van der Waals surface area contributed by atoms with Gasteiger partial charge in [0.15, 0.2) is 11.5 Å². The minimum atomic E-state index is -0.473. The largest absolute Gasteiger partial charge is 0.490 e. The van der Waals surface area contributed by atoms with Crippen LogP contribution >= 0.6 is 15.9 Å². The number of non-ortho nitro benzene ring substituents is 1. The maximum Gasteiger partial charge on any atom is 0.269 e. The van der Waals surface area contributed by atoms with Crippen LogP contribution in [-0.4, -0.2) is 18.1 Å². The summed E-state index contributed by atoms with van der Waals surface area (Å²) in [7, 11) is 0. The van der Waals surface area contributed by atoms with Gasteiger partial charge in [0.2, 0.25) is 0 Å². The van der Waals surface area contributed by atoms with Crippen molar-refractivity contribution < 1.29 is 14.4 Å². The third kappa shape index (κ3) is 5.31. The van der Waals surface area contributed by atoms with Crippen LogP contribution in [0.3, 0.4) is 0 Å². The van der Waals surface area contributed by atoms with E-state index in [2.05, 4.69) is 22.0 Å². The van der Waals surface area contributed by atoms with Crippen molar-refractivity contribution in [1.29, 1.82) is 5.26 Å². The van der Waals surface area contributed by atoms with E-state index >= 15 is 0 Å². The van der Waals surface area contributed by atoms with Gasteiger partial charge in [0, 0.05) is 16.6 Å². The molecule has 0 radical (unpaired) electrons. The normalized spacial score (nSPS) is 11.0. The van der Waals surface area contributed by atoms with E-state index in [9.17, 15) is 15.4 Å². The number of benzene rings is 2. The molecule has 0 fully saturated rings. The lowest BCUT2D eigenvalue weighted by molar-refractivity contribution is -0.384. The van der Waals surface area contributed by atoms with Crippen molar-refractivity contribution in [2.75, 3.05) is 13.2 Å². The van der Waals surface area contributed by atoms with E-state index in [1.165, 1.54) is 12.1 Å². The first-order valence-electron chi connectivity index (χ1n) is 8.45. The maximum atomic E-state index is 10.8. The Morgan fingerprint density at radius 1 is 1.22 bits per heavy atom. The summed E-state index contributed by atoms with van der Waals surface area (Å²) in [5.74, 6) is 1.23. The Kier molecular flexibility index (Phi) is 7.38. The molecule has 2 aromatic rings. The number of nitrogens with zero attached hydrogens (tertiary/aromatic N) is 2. The summed E-state index contributed by atoms with van der Waals surface area (Å²) in [6.45, 7) is 4.98. The monoisotopic (exact) mass is 430 g/mol. The second kappa shape index (κ2) is 9.74. The van der Waals surface area contributed by atoms with Gasteiger partial charge >= 0.3 is 0 Å². The van der Waals surface area contributed by atoms with Crippen molar-refractivity contribution in [1.82, 2.24) is 0 Å². The Labute approximate surface area is 166 Å². The van der Waals surface area contributed by atoms with Gasteiger partial charge in [0.05, 0.1) is 29.8 Å². The molecule has 6 nitrogen and oxygen atoms in total. The summed E-state index contributed by atoms with van der Waals surface area (Å²) in [5.41, 5.74) is 1.71. The number of nitriles is 1. The zero-order valence-electron chi connectivity index (χ0n) is 15.1. The van der Waals surface area contributed by atoms with E-state index in [1.54, 1.807) is 24.3 Å². The number of ether oxygens (including phenoxy) is 2. The third-order valence-corrected chi connectivity index (χ3v) is 4.32. The third-order valence-electron chi connectivity index (χ3n) is 3.63. The zero-order valence-corrected chi connectivity index (χ0v) is 16.7. The van der Waals surface area contributed by atoms with Gasteiger partial charge in [0.25, 0.3) is 5.69 Å². The number of rotatable bonds is 8. The molecule has 140 valence electrons. The molecule has 2 aromatic carbocycles. The highest BCUT2D eigenvalue weighted by atomic mass is 79.9. The van der Waals surface area contributed by atoms with Crippen molar-refractivity contribution in [2.24, 2.45) is 0 Å². The van der Waals surface area contributed by atoms with Crippen molar-refractivity contribution in [3.8, 4) is 17.6 Å². The van der Waals surface area contributed by atoms with Crippen molar-refractivity contribution in [2.45, 2.75) is 20.3 Å². The Morgan fingerprint density at radius 2 is 1.89 bits per heavy atom. The molecular weight excluding hydrogens is 412 g/mol. The molecule has 0 spiro atoms. The van der Waals surface area contributed by atoms with Gasteiger partial charge in [-0.05, 0) is 54.8 Å². The number of allylic oxidation sites excluding steroid dienone is 1. The SMILES string of the molecule is CCCOc1cc(Br)c(/C=C(\C#N)c2ccc([N+](=O)[O-])cc2)cc1OCC. The highest BCUT2D eigenvalue weighted by Crippen LogP contribution is 2.36. The molecule has 0 aliphatic heterocycles. The Bertz CT molecular complexity index is 886. The molecule has 0 aliphatic carbocycles. The summed E-state index contributed by atoms with van der Waals surface area (Å²) in [6, 6.07) is 11.6. The number of hydrogen-bond donors (Lipinski definition) is 0. The van der Waals surface area contributed by atoms with Crippen LogP contribution in [0.4, 0.5) is 5.69 Å². The van der Waals surface area contributed by atoms with Crippen LogP contribution in [0.2, 0.25) is 0 Å². The van der Waals surface area contributed by atoms with E-state index < -0.39 is 4.92 Å². The van der Waals surface area contributed by atoms with Crippen LogP contribution in [-0.2, 0) is 0 Å². The lowest BCUT2D eigenvalue weighted by Crippen LogP contribution is -2.00. The average molecular weight is 431 g/mol. The highest BCUT2D eigenvalue weighted by Gasteiger charge is 2.12. The summed E-state index contributed by atoms with van der Waals surface area (Å²) in [4.78, 5) is 10.3. The first kappa shape index (κ1) is 20.5. The molecule has 0 heterocycles. The molecule has 0 unspecified atom stereocenters. The van der Waals surface area contributed by atoms with Gasteiger partial charge in [-0.15, -0.1) is 0 Å². The van der Waals surface area contributed by atoms with Gasteiger partial charge in [-0.25, -0.2) is 0 Å². The number of nitro benzene ring substituents is 1. The van der Waals surface area contributed by atoms with Crippen molar-refractivity contribution in [3.05, 3.63) is 62.1 Å². The van der Waals surface area contributed by atoms with Gasteiger partial charge in [-0.3, -0.25) is 10.1 Å². The topological polar surface area (TPSA) is 85.4 Å². The second-order valence-electron chi connectivity index (χ2n) is 5.58. The van der Waals surface area contributed by atoms with Crippen LogP contribution in [0, 0.1) is 21.4 Å². The summed E-state index contributed by atoms with van der Waals surface area (Å²) < 4.78 is 12.1. The van der Waals surface area contributed by atoms with Gasteiger partial charge in [0.1, 0.15) is 0 Å². The fraction of sp³-hybridized carbons (Fsp3) is 0.250. The molecule has 7 heteroatoms.